The van der Waals surface area contributed by atoms with Gasteiger partial charge in [-0.1, -0.05) is 12.2 Å². The summed E-state index contributed by atoms with van der Waals surface area (Å²) in [5.41, 5.74) is 11.9. The van der Waals surface area contributed by atoms with E-state index >= 15 is 0 Å². The van der Waals surface area contributed by atoms with Crippen molar-refractivity contribution < 1.29 is 0 Å². The molecule has 0 aliphatic heterocycles. The standard InChI is InChI=1S/C15H24N2/c16-4-3-10-11-6-12(13(10)7-17)15-9-2-1-8(5-9)14(11)15/h1-2,8-15H,3-7,16-17H2. The van der Waals surface area contributed by atoms with Crippen molar-refractivity contribution in [1.82, 2.24) is 0 Å². The van der Waals surface area contributed by atoms with Gasteiger partial charge in [-0.15, -0.1) is 0 Å². The zero-order chi connectivity index (χ0) is 11.6. The number of allylic oxidation sites excluding steroid dienone is 2. The summed E-state index contributed by atoms with van der Waals surface area (Å²) in [6.07, 6.45) is 9.17. The van der Waals surface area contributed by atoms with E-state index in [1.165, 1.54) is 19.3 Å². The fourth-order valence-corrected chi connectivity index (χ4v) is 6.26. The maximum absolute atomic E-state index is 6.06. The summed E-state index contributed by atoms with van der Waals surface area (Å²) in [4.78, 5) is 0. The molecule has 0 radical (unpaired) electrons. The van der Waals surface area contributed by atoms with Crippen LogP contribution < -0.4 is 11.5 Å². The Morgan fingerprint density at radius 3 is 2.12 bits per heavy atom. The maximum Gasteiger partial charge on any atom is -0.00433 e. The highest BCUT2D eigenvalue weighted by Crippen LogP contribution is 2.68. The average molecular weight is 232 g/mol. The lowest BCUT2D eigenvalue weighted by Gasteiger charge is -2.41. The minimum absolute atomic E-state index is 0.789. The van der Waals surface area contributed by atoms with Crippen molar-refractivity contribution >= 4 is 0 Å². The van der Waals surface area contributed by atoms with Gasteiger partial charge in [0.1, 0.15) is 0 Å². The molecular weight excluding hydrogens is 208 g/mol. The van der Waals surface area contributed by atoms with Crippen LogP contribution in [0.4, 0.5) is 0 Å². The molecule has 4 rings (SSSR count). The minimum atomic E-state index is 0.789. The normalized spacial score (nSPS) is 58.0. The Kier molecular flexibility index (Phi) is 2.23. The van der Waals surface area contributed by atoms with E-state index < -0.39 is 0 Å². The van der Waals surface area contributed by atoms with Crippen molar-refractivity contribution in [2.75, 3.05) is 13.1 Å². The number of hydrogen-bond donors (Lipinski definition) is 2. The topological polar surface area (TPSA) is 52.0 Å². The van der Waals surface area contributed by atoms with Gasteiger partial charge in [0.15, 0.2) is 0 Å². The van der Waals surface area contributed by atoms with Crippen LogP contribution in [0.1, 0.15) is 19.3 Å². The second-order valence-electron chi connectivity index (χ2n) is 6.81. The zero-order valence-electron chi connectivity index (χ0n) is 10.5. The second-order valence-corrected chi connectivity index (χ2v) is 6.81. The summed E-state index contributed by atoms with van der Waals surface area (Å²) in [5.74, 6) is 7.37. The van der Waals surface area contributed by atoms with Gasteiger partial charge in [-0.2, -0.15) is 0 Å². The minimum Gasteiger partial charge on any atom is -0.330 e. The summed E-state index contributed by atoms with van der Waals surface area (Å²) < 4.78 is 0. The number of hydrogen-bond acceptors (Lipinski definition) is 2. The Bertz CT molecular complexity index is 351. The molecule has 0 heterocycles. The van der Waals surface area contributed by atoms with E-state index in [4.69, 9.17) is 11.5 Å². The van der Waals surface area contributed by atoms with E-state index in [9.17, 15) is 0 Å². The fraction of sp³-hybridized carbons (Fsp3) is 0.867. The molecule has 4 N–H and O–H groups in total. The van der Waals surface area contributed by atoms with E-state index in [0.717, 1.165) is 60.4 Å². The third kappa shape index (κ3) is 1.18. The highest BCUT2D eigenvalue weighted by molar-refractivity contribution is 5.21. The summed E-state index contributed by atoms with van der Waals surface area (Å²) in [6.45, 7) is 1.75. The van der Waals surface area contributed by atoms with Crippen LogP contribution in [0.15, 0.2) is 12.2 Å². The first kappa shape index (κ1) is 10.6. The van der Waals surface area contributed by atoms with Gasteiger partial charge in [0.2, 0.25) is 0 Å². The van der Waals surface area contributed by atoms with Crippen molar-refractivity contribution in [3.8, 4) is 0 Å². The molecule has 0 spiro atoms. The van der Waals surface area contributed by atoms with E-state index in [1.54, 1.807) is 0 Å². The summed E-state index contributed by atoms with van der Waals surface area (Å²) in [5, 5.41) is 0. The lowest BCUT2D eigenvalue weighted by Crippen LogP contribution is -2.40. The Hall–Kier alpha value is -0.340. The Morgan fingerprint density at radius 1 is 0.882 bits per heavy atom. The van der Waals surface area contributed by atoms with Gasteiger partial charge in [-0.25, -0.2) is 0 Å². The average Bonchev–Trinajstić information content (AvgIpc) is 3.06. The van der Waals surface area contributed by atoms with Gasteiger partial charge in [-0.3, -0.25) is 0 Å². The molecule has 0 saturated heterocycles. The molecule has 0 aromatic carbocycles. The smallest absolute Gasteiger partial charge is 0.00433 e. The highest BCUT2D eigenvalue weighted by atomic mass is 14.7. The molecule has 3 saturated carbocycles. The molecule has 4 aliphatic carbocycles. The van der Waals surface area contributed by atoms with Crippen molar-refractivity contribution in [2.45, 2.75) is 19.3 Å². The highest BCUT2D eigenvalue weighted by Gasteiger charge is 2.63. The van der Waals surface area contributed by atoms with Crippen LogP contribution in [-0.4, -0.2) is 13.1 Å². The molecule has 4 bridgehead atoms. The molecule has 2 nitrogen and oxygen atoms in total. The Morgan fingerprint density at radius 2 is 1.53 bits per heavy atom. The van der Waals surface area contributed by atoms with E-state index in [-0.39, 0.29) is 0 Å². The van der Waals surface area contributed by atoms with Crippen LogP contribution in [0.25, 0.3) is 0 Å². The molecule has 17 heavy (non-hydrogen) atoms. The third-order valence-electron chi connectivity index (χ3n) is 6.54. The van der Waals surface area contributed by atoms with Gasteiger partial charge >= 0.3 is 0 Å². The number of nitrogens with two attached hydrogens (primary N) is 2. The van der Waals surface area contributed by atoms with Crippen molar-refractivity contribution in [1.29, 1.82) is 0 Å². The molecule has 94 valence electrons. The molecule has 0 amide bonds. The van der Waals surface area contributed by atoms with Crippen molar-refractivity contribution in [3.63, 3.8) is 0 Å². The molecule has 8 unspecified atom stereocenters. The first-order valence-electron chi connectivity index (χ1n) is 7.43. The van der Waals surface area contributed by atoms with Gasteiger partial charge in [0, 0.05) is 0 Å². The molecule has 0 aromatic heterocycles. The predicted molar refractivity (Wildman–Crippen MR) is 69.0 cm³/mol. The van der Waals surface area contributed by atoms with Crippen LogP contribution in [0.2, 0.25) is 0 Å². The SMILES string of the molecule is NCCC1C(CN)C2CC1C1C3C=CC(C3)C21. The van der Waals surface area contributed by atoms with E-state index in [2.05, 4.69) is 12.2 Å². The number of fused-ring (bicyclic) bond motifs is 9. The molecule has 0 aromatic rings. The number of rotatable bonds is 3. The van der Waals surface area contributed by atoms with Crippen molar-refractivity contribution in [3.05, 3.63) is 12.2 Å². The zero-order valence-corrected chi connectivity index (χ0v) is 10.5. The lowest BCUT2D eigenvalue weighted by atomic mass is 9.64. The summed E-state index contributed by atoms with van der Waals surface area (Å²) >= 11 is 0. The first-order valence-corrected chi connectivity index (χ1v) is 7.43. The first-order chi connectivity index (χ1) is 8.35. The van der Waals surface area contributed by atoms with Crippen LogP contribution in [-0.2, 0) is 0 Å². The third-order valence-corrected chi connectivity index (χ3v) is 6.54. The summed E-state index contributed by atoms with van der Waals surface area (Å²) in [6, 6.07) is 0. The molecule has 3 fully saturated rings. The quantitative estimate of drug-likeness (QED) is 0.574. The predicted octanol–water partition coefficient (Wildman–Crippen LogP) is 1.61. The van der Waals surface area contributed by atoms with Crippen LogP contribution in [0.5, 0.6) is 0 Å². The van der Waals surface area contributed by atoms with Crippen LogP contribution in [0, 0.1) is 47.3 Å². The Labute approximate surface area is 104 Å². The molecule has 4 aliphatic rings. The monoisotopic (exact) mass is 232 g/mol. The van der Waals surface area contributed by atoms with Crippen molar-refractivity contribution in [2.24, 2.45) is 58.8 Å². The lowest BCUT2D eigenvalue weighted by molar-refractivity contribution is 0.0882. The largest absolute Gasteiger partial charge is 0.330 e. The van der Waals surface area contributed by atoms with Gasteiger partial charge < -0.3 is 11.5 Å². The Balaban J connectivity index is 1.66. The molecule has 8 atom stereocenters. The van der Waals surface area contributed by atoms with Crippen LogP contribution in [0.3, 0.4) is 0 Å². The molecule has 2 heteroatoms. The fourth-order valence-electron chi connectivity index (χ4n) is 6.26. The van der Waals surface area contributed by atoms with E-state index in [0.29, 0.717) is 0 Å². The second kappa shape index (κ2) is 3.58. The van der Waals surface area contributed by atoms with Gasteiger partial charge in [0.05, 0.1) is 0 Å². The van der Waals surface area contributed by atoms with Crippen LogP contribution >= 0.6 is 0 Å². The van der Waals surface area contributed by atoms with Gasteiger partial charge in [-0.05, 0) is 79.7 Å². The molecular formula is C15H24N2. The van der Waals surface area contributed by atoms with E-state index in [1.807, 2.05) is 0 Å². The summed E-state index contributed by atoms with van der Waals surface area (Å²) in [7, 11) is 0. The van der Waals surface area contributed by atoms with Gasteiger partial charge in [0.25, 0.3) is 0 Å². The maximum atomic E-state index is 6.06.